The number of hydrogen-bond donors (Lipinski definition) is 0. The molecule has 0 spiro atoms. The summed E-state index contributed by atoms with van der Waals surface area (Å²) in [5.41, 5.74) is 0. The molecule has 3 heterocycles. The summed E-state index contributed by atoms with van der Waals surface area (Å²) in [7, 11) is -2.55. The topological polar surface area (TPSA) is 85.8 Å². The highest BCUT2D eigenvalue weighted by atomic mass is 79.9. The number of carbonyl (C=O) groups excluding carboxylic acids is 1. The molecular weight excluding hydrogens is 432 g/mol. The number of sulfonamides is 1. The fourth-order valence-corrected chi connectivity index (χ4v) is 5.53. The van der Waals surface area contributed by atoms with E-state index in [-0.39, 0.29) is 22.4 Å². The molecule has 0 aromatic carbocycles. The van der Waals surface area contributed by atoms with Crippen LogP contribution in [0.25, 0.3) is 0 Å². The number of pyridine rings is 1. The molecule has 0 N–H and O–H groups in total. The number of carbonyl (C=O) groups is 1. The maximum absolute atomic E-state index is 12.8. The summed E-state index contributed by atoms with van der Waals surface area (Å²) >= 11 is 4.34. The molecule has 25 heavy (non-hydrogen) atoms. The van der Waals surface area contributed by atoms with Crippen molar-refractivity contribution in [1.29, 1.82) is 0 Å². The minimum atomic E-state index is -3.78. The Kier molecular flexibility index (Phi) is 5.42. The second-order valence-corrected chi connectivity index (χ2v) is 9.05. The highest BCUT2D eigenvalue weighted by Crippen LogP contribution is 2.29. The van der Waals surface area contributed by atoms with Crippen LogP contribution < -0.4 is 4.74 Å². The van der Waals surface area contributed by atoms with Gasteiger partial charge in [0.25, 0.3) is 0 Å². The number of methoxy groups -OCH3 is 1. The van der Waals surface area contributed by atoms with E-state index in [1.165, 1.54) is 17.5 Å². The molecular formula is C15H15BrN2O5S2. The second kappa shape index (κ2) is 7.40. The zero-order chi connectivity index (χ0) is 18.0. The summed E-state index contributed by atoms with van der Waals surface area (Å²) in [6.07, 6.45) is 1.88. The molecule has 3 rings (SSSR count). The van der Waals surface area contributed by atoms with Crippen molar-refractivity contribution in [2.24, 2.45) is 0 Å². The van der Waals surface area contributed by atoms with Crippen LogP contribution in [0, 0.1) is 0 Å². The molecule has 1 aliphatic heterocycles. The molecule has 0 aliphatic carbocycles. The second-order valence-electron chi connectivity index (χ2n) is 5.31. The van der Waals surface area contributed by atoms with E-state index in [0.29, 0.717) is 18.8 Å². The highest BCUT2D eigenvalue weighted by Gasteiger charge is 2.36. The largest absolute Gasteiger partial charge is 0.473 e. The molecule has 1 aliphatic rings. The molecule has 1 atom stereocenters. The van der Waals surface area contributed by atoms with Crippen LogP contribution in [0.15, 0.2) is 39.1 Å². The van der Waals surface area contributed by atoms with Gasteiger partial charge < -0.3 is 9.47 Å². The van der Waals surface area contributed by atoms with E-state index in [4.69, 9.17) is 4.74 Å². The van der Waals surface area contributed by atoms with E-state index < -0.39 is 16.0 Å². The van der Waals surface area contributed by atoms with E-state index in [0.717, 1.165) is 15.8 Å². The smallest absolute Gasteiger partial charge is 0.349 e. The zero-order valence-electron chi connectivity index (χ0n) is 13.2. The molecule has 2 aromatic heterocycles. The van der Waals surface area contributed by atoms with Crippen molar-refractivity contribution in [2.45, 2.75) is 17.4 Å². The molecule has 0 radical (unpaired) electrons. The Bertz CT molecular complexity index is 866. The van der Waals surface area contributed by atoms with E-state index in [1.807, 2.05) is 0 Å². The van der Waals surface area contributed by atoms with Gasteiger partial charge in [0.1, 0.15) is 15.9 Å². The lowest BCUT2D eigenvalue weighted by Crippen LogP contribution is -2.31. The van der Waals surface area contributed by atoms with Crippen molar-refractivity contribution in [3.63, 3.8) is 0 Å². The average molecular weight is 447 g/mol. The van der Waals surface area contributed by atoms with Crippen molar-refractivity contribution in [3.05, 3.63) is 39.1 Å². The Hall–Kier alpha value is -1.49. The van der Waals surface area contributed by atoms with Gasteiger partial charge in [-0.25, -0.2) is 18.2 Å². The lowest BCUT2D eigenvalue weighted by molar-refractivity contribution is 0.0602. The number of halogens is 1. The zero-order valence-corrected chi connectivity index (χ0v) is 16.4. The predicted octanol–water partition coefficient (Wildman–Crippen LogP) is 2.53. The summed E-state index contributed by atoms with van der Waals surface area (Å²) in [6.45, 7) is 0.524. The first-order valence-electron chi connectivity index (χ1n) is 7.36. The van der Waals surface area contributed by atoms with E-state index in [2.05, 4.69) is 25.7 Å². The molecule has 1 unspecified atom stereocenters. The van der Waals surface area contributed by atoms with E-state index in [9.17, 15) is 13.2 Å². The molecule has 134 valence electrons. The molecule has 1 saturated heterocycles. The first-order chi connectivity index (χ1) is 11.9. The van der Waals surface area contributed by atoms with Crippen LogP contribution in [-0.4, -0.2) is 50.0 Å². The number of ether oxygens (including phenoxy) is 2. The van der Waals surface area contributed by atoms with Crippen LogP contribution in [0.1, 0.15) is 16.1 Å². The van der Waals surface area contributed by atoms with Gasteiger partial charge in [-0.1, -0.05) is 0 Å². The molecule has 7 nitrogen and oxygen atoms in total. The van der Waals surface area contributed by atoms with Crippen molar-refractivity contribution in [2.75, 3.05) is 20.2 Å². The normalized spacial score (nSPS) is 18.2. The summed E-state index contributed by atoms with van der Waals surface area (Å²) < 4.78 is 38.2. The van der Waals surface area contributed by atoms with Gasteiger partial charge in [-0.2, -0.15) is 4.31 Å². The van der Waals surface area contributed by atoms with Gasteiger partial charge in [0, 0.05) is 23.3 Å². The Balaban J connectivity index is 1.73. The Morgan fingerprint density at radius 1 is 1.40 bits per heavy atom. The van der Waals surface area contributed by atoms with Crippen molar-refractivity contribution < 1.29 is 22.7 Å². The van der Waals surface area contributed by atoms with E-state index >= 15 is 0 Å². The number of thiophene rings is 1. The predicted molar refractivity (Wildman–Crippen MR) is 95.4 cm³/mol. The fraction of sp³-hybridized carbons (Fsp3) is 0.333. The quantitative estimate of drug-likeness (QED) is 0.655. The van der Waals surface area contributed by atoms with Crippen LogP contribution >= 0.6 is 27.3 Å². The SMILES string of the molecule is COC(=O)c1sccc1S(=O)(=O)N1CCC(Oc2ccc(Br)cn2)C1. The van der Waals surface area contributed by atoms with Gasteiger partial charge in [0.2, 0.25) is 15.9 Å². The molecule has 10 heteroatoms. The summed E-state index contributed by atoms with van der Waals surface area (Å²) in [4.78, 5) is 16.0. The first-order valence-corrected chi connectivity index (χ1v) is 10.5. The Morgan fingerprint density at radius 2 is 2.20 bits per heavy atom. The summed E-state index contributed by atoms with van der Waals surface area (Å²) in [5.74, 6) is -0.210. The maximum Gasteiger partial charge on any atom is 0.349 e. The van der Waals surface area contributed by atoms with Gasteiger partial charge in [-0.05, 0) is 39.9 Å². The fourth-order valence-electron chi connectivity index (χ4n) is 2.50. The third-order valence-electron chi connectivity index (χ3n) is 3.71. The van der Waals surface area contributed by atoms with Gasteiger partial charge in [-0.15, -0.1) is 11.3 Å². The summed E-state index contributed by atoms with van der Waals surface area (Å²) in [5, 5.41) is 1.56. The monoisotopic (exact) mass is 446 g/mol. The van der Waals surface area contributed by atoms with Crippen LogP contribution in [-0.2, 0) is 14.8 Å². The van der Waals surface area contributed by atoms with Crippen LogP contribution in [0.3, 0.4) is 0 Å². The van der Waals surface area contributed by atoms with Crippen molar-refractivity contribution >= 4 is 43.3 Å². The van der Waals surface area contributed by atoms with Crippen LogP contribution in [0.4, 0.5) is 0 Å². The van der Waals surface area contributed by atoms with Gasteiger partial charge >= 0.3 is 5.97 Å². The van der Waals surface area contributed by atoms with Crippen molar-refractivity contribution in [3.8, 4) is 5.88 Å². The molecule has 0 saturated carbocycles. The molecule has 2 aromatic rings. The standard InChI is InChI=1S/C15H15BrN2O5S2/c1-22-15(19)14-12(5-7-24-14)25(20,21)18-6-4-11(9-18)23-13-3-2-10(16)8-17-13/h2-3,5,7-8,11H,4,6,9H2,1H3. The summed E-state index contributed by atoms with van der Waals surface area (Å²) in [6, 6.07) is 4.95. The lowest BCUT2D eigenvalue weighted by atomic mass is 10.3. The highest BCUT2D eigenvalue weighted by molar-refractivity contribution is 9.10. The molecule has 0 amide bonds. The first kappa shape index (κ1) is 18.3. The Labute approximate surface area is 157 Å². The molecule has 1 fully saturated rings. The van der Waals surface area contributed by atoms with Gasteiger partial charge in [0.15, 0.2) is 0 Å². The third kappa shape index (κ3) is 3.86. The van der Waals surface area contributed by atoms with Gasteiger partial charge in [-0.3, -0.25) is 0 Å². The van der Waals surface area contributed by atoms with Crippen molar-refractivity contribution in [1.82, 2.24) is 9.29 Å². The van der Waals surface area contributed by atoms with E-state index in [1.54, 1.807) is 23.7 Å². The number of nitrogens with zero attached hydrogens (tertiary/aromatic N) is 2. The van der Waals surface area contributed by atoms with Crippen LogP contribution in [0.5, 0.6) is 5.88 Å². The average Bonchev–Trinajstić information content (AvgIpc) is 3.26. The number of aromatic nitrogens is 1. The number of esters is 1. The third-order valence-corrected chi connectivity index (χ3v) is 7.11. The number of rotatable bonds is 5. The number of hydrogen-bond acceptors (Lipinski definition) is 7. The van der Waals surface area contributed by atoms with Gasteiger partial charge in [0.05, 0.1) is 13.7 Å². The Morgan fingerprint density at radius 3 is 2.88 bits per heavy atom. The minimum absolute atomic E-state index is 0.0215. The molecule has 0 bridgehead atoms. The maximum atomic E-state index is 12.8. The van der Waals surface area contributed by atoms with Crippen LogP contribution in [0.2, 0.25) is 0 Å². The minimum Gasteiger partial charge on any atom is -0.473 e. The lowest BCUT2D eigenvalue weighted by Gasteiger charge is -2.17.